The summed E-state index contributed by atoms with van der Waals surface area (Å²) in [6.45, 7) is 5.05. The topological polar surface area (TPSA) is 53.9 Å². The van der Waals surface area contributed by atoms with Crippen LogP contribution in [0, 0.1) is 6.92 Å². The summed E-state index contributed by atoms with van der Waals surface area (Å²) in [6.07, 6.45) is 1.03. The molecule has 1 aromatic carbocycles. The van der Waals surface area contributed by atoms with Gasteiger partial charge in [-0.2, -0.15) is 15.0 Å². The van der Waals surface area contributed by atoms with E-state index in [9.17, 15) is 0 Å². The Morgan fingerprint density at radius 2 is 2.00 bits per heavy atom. The van der Waals surface area contributed by atoms with Crippen molar-refractivity contribution in [1.82, 2.24) is 15.0 Å². The van der Waals surface area contributed by atoms with Crippen LogP contribution in [-0.2, 0) is 0 Å². The SMILES string of the molecule is CCCNc1nc(Sc2cccc(C)c2)nc(N(C)C)n1. The number of aromatic nitrogens is 3. The lowest BCUT2D eigenvalue weighted by Gasteiger charge is -2.13. The first-order valence-electron chi connectivity index (χ1n) is 7.00. The second-order valence-electron chi connectivity index (χ2n) is 4.98. The zero-order valence-electron chi connectivity index (χ0n) is 12.9. The van der Waals surface area contributed by atoms with Gasteiger partial charge in [0.15, 0.2) is 5.16 Å². The van der Waals surface area contributed by atoms with Gasteiger partial charge in [-0.05, 0) is 37.2 Å². The molecule has 0 spiro atoms. The average molecular weight is 303 g/mol. The fourth-order valence-electron chi connectivity index (χ4n) is 1.69. The molecule has 21 heavy (non-hydrogen) atoms. The minimum atomic E-state index is 0.630. The van der Waals surface area contributed by atoms with E-state index in [1.54, 1.807) is 11.8 Å². The Bertz CT molecular complexity index is 600. The monoisotopic (exact) mass is 303 g/mol. The molecule has 1 aromatic heterocycles. The van der Waals surface area contributed by atoms with Gasteiger partial charge >= 0.3 is 0 Å². The van der Waals surface area contributed by atoms with Crippen LogP contribution < -0.4 is 10.2 Å². The normalized spacial score (nSPS) is 10.5. The summed E-state index contributed by atoms with van der Waals surface area (Å²) in [6, 6.07) is 8.32. The smallest absolute Gasteiger partial charge is 0.230 e. The third kappa shape index (κ3) is 4.60. The number of aryl methyl sites for hydroxylation is 1. The highest BCUT2D eigenvalue weighted by molar-refractivity contribution is 7.99. The third-order valence-electron chi connectivity index (χ3n) is 2.73. The van der Waals surface area contributed by atoms with Gasteiger partial charge in [0.25, 0.3) is 0 Å². The first-order chi connectivity index (χ1) is 10.1. The molecular weight excluding hydrogens is 282 g/mol. The summed E-state index contributed by atoms with van der Waals surface area (Å²) < 4.78 is 0. The molecule has 0 radical (unpaired) electrons. The van der Waals surface area contributed by atoms with Crippen molar-refractivity contribution in [2.75, 3.05) is 30.9 Å². The van der Waals surface area contributed by atoms with Gasteiger partial charge in [-0.25, -0.2) is 0 Å². The quantitative estimate of drug-likeness (QED) is 0.884. The van der Waals surface area contributed by atoms with Crippen molar-refractivity contribution in [1.29, 1.82) is 0 Å². The highest BCUT2D eigenvalue weighted by atomic mass is 32.2. The van der Waals surface area contributed by atoms with Gasteiger partial charge in [0.1, 0.15) is 0 Å². The van der Waals surface area contributed by atoms with Crippen LogP contribution in [0.3, 0.4) is 0 Å². The van der Waals surface area contributed by atoms with Gasteiger partial charge in [0.2, 0.25) is 11.9 Å². The summed E-state index contributed by atoms with van der Waals surface area (Å²) in [5.41, 5.74) is 1.23. The number of nitrogens with zero attached hydrogens (tertiary/aromatic N) is 4. The van der Waals surface area contributed by atoms with E-state index >= 15 is 0 Å². The first-order valence-corrected chi connectivity index (χ1v) is 7.82. The lowest BCUT2D eigenvalue weighted by atomic mass is 10.2. The maximum atomic E-state index is 4.49. The van der Waals surface area contributed by atoms with Crippen LogP contribution in [0.5, 0.6) is 0 Å². The molecule has 1 N–H and O–H groups in total. The van der Waals surface area contributed by atoms with Gasteiger partial charge in [-0.15, -0.1) is 0 Å². The maximum absolute atomic E-state index is 4.49. The van der Waals surface area contributed by atoms with Crippen molar-refractivity contribution in [3.8, 4) is 0 Å². The highest BCUT2D eigenvalue weighted by Gasteiger charge is 2.09. The van der Waals surface area contributed by atoms with Crippen molar-refractivity contribution in [2.24, 2.45) is 0 Å². The third-order valence-corrected chi connectivity index (χ3v) is 3.59. The minimum Gasteiger partial charge on any atom is -0.354 e. The number of rotatable bonds is 6. The van der Waals surface area contributed by atoms with Crippen LogP contribution in [0.15, 0.2) is 34.3 Å². The molecule has 0 aliphatic heterocycles. The molecule has 0 saturated heterocycles. The fraction of sp³-hybridized carbons (Fsp3) is 0.400. The van der Waals surface area contributed by atoms with Crippen LogP contribution in [0.4, 0.5) is 11.9 Å². The van der Waals surface area contributed by atoms with Crippen molar-refractivity contribution in [3.05, 3.63) is 29.8 Å². The molecule has 0 unspecified atom stereocenters. The highest BCUT2D eigenvalue weighted by Crippen LogP contribution is 2.26. The zero-order valence-corrected chi connectivity index (χ0v) is 13.7. The maximum Gasteiger partial charge on any atom is 0.230 e. The van der Waals surface area contributed by atoms with Gasteiger partial charge in [0.05, 0.1) is 0 Å². The van der Waals surface area contributed by atoms with E-state index in [1.165, 1.54) is 5.56 Å². The summed E-state index contributed by atoms with van der Waals surface area (Å²) in [7, 11) is 3.86. The van der Waals surface area contributed by atoms with Crippen LogP contribution >= 0.6 is 11.8 Å². The Labute approximate surface area is 130 Å². The molecule has 0 amide bonds. The molecule has 1 heterocycles. The largest absolute Gasteiger partial charge is 0.354 e. The fourth-order valence-corrected chi connectivity index (χ4v) is 2.55. The van der Waals surface area contributed by atoms with Gasteiger partial charge in [-0.1, -0.05) is 24.6 Å². The lowest BCUT2D eigenvalue weighted by Crippen LogP contribution is -2.16. The van der Waals surface area contributed by atoms with Gasteiger partial charge in [-0.3, -0.25) is 0 Å². The Morgan fingerprint density at radius 3 is 2.67 bits per heavy atom. The van der Waals surface area contributed by atoms with Crippen molar-refractivity contribution >= 4 is 23.7 Å². The van der Waals surface area contributed by atoms with E-state index in [-0.39, 0.29) is 0 Å². The number of hydrogen-bond acceptors (Lipinski definition) is 6. The molecule has 0 aliphatic carbocycles. The predicted octanol–water partition coefficient (Wildman–Crippen LogP) is 3.22. The molecule has 0 fully saturated rings. The van der Waals surface area contributed by atoms with Crippen LogP contribution in [0.2, 0.25) is 0 Å². The Hall–Kier alpha value is -1.82. The minimum absolute atomic E-state index is 0.630. The second kappa shape index (κ2) is 7.26. The molecule has 0 bridgehead atoms. The molecule has 0 saturated carbocycles. The summed E-state index contributed by atoms with van der Waals surface area (Å²) in [5.74, 6) is 1.30. The molecule has 2 aromatic rings. The Morgan fingerprint density at radius 1 is 1.19 bits per heavy atom. The summed E-state index contributed by atoms with van der Waals surface area (Å²) >= 11 is 1.55. The molecular formula is C15H21N5S. The van der Waals surface area contributed by atoms with E-state index in [1.807, 2.05) is 25.1 Å². The Balaban J connectivity index is 2.26. The van der Waals surface area contributed by atoms with Crippen molar-refractivity contribution in [2.45, 2.75) is 30.3 Å². The van der Waals surface area contributed by atoms with Crippen LogP contribution in [0.1, 0.15) is 18.9 Å². The number of anilines is 2. The summed E-state index contributed by atoms with van der Waals surface area (Å²) in [4.78, 5) is 16.4. The Kier molecular flexibility index (Phi) is 5.38. The molecule has 6 heteroatoms. The zero-order chi connectivity index (χ0) is 15.2. The average Bonchev–Trinajstić information content (AvgIpc) is 2.45. The van der Waals surface area contributed by atoms with E-state index in [2.05, 4.69) is 52.3 Å². The predicted molar refractivity (Wildman–Crippen MR) is 88.2 cm³/mol. The number of hydrogen-bond donors (Lipinski definition) is 1. The second-order valence-corrected chi connectivity index (χ2v) is 6.02. The molecule has 112 valence electrons. The van der Waals surface area contributed by atoms with E-state index < -0.39 is 0 Å². The van der Waals surface area contributed by atoms with Crippen molar-refractivity contribution in [3.63, 3.8) is 0 Å². The molecule has 0 atom stereocenters. The van der Waals surface area contributed by atoms with Crippen LogP contribution in [0.25, 0.3) is 0 Å². The van der Waals surface area contributed by atoms with E-state index in [0.717, 1.165) is 17.9 Å². The van der Waals surface area contributed by atoms with Crippen molar-refractivity contribution < 1.29 is 0 Å². The van der Waals surface area contributed by atoms with E-state index in [0.29, 0.717) is 17.1 Å². The first kappa shape index (κ1) is 15.6. The van der Waals surface area contributed by atoms with Crippen LogP contribution in [-0.4, -0.2) is 35.6 Å². The number of nitrogens with one attached hydrogen (secondary N) is 1. The molecule has 5 nitrogen and oxygen atoms in total. The van der Waals surface area contributed by atoms with E-state index in [4.69, 9.17) is 0 Å². The molecule has 2 rings (SSSR count). The molecule has 0 aliphatic rings. The van der Waals surface area contributed by atoms with Gasteiger partial charge < -0.3 is 10.2 Å². The number of benzene rings is 1. The van der Waals surface area contributed by atoms with Gasteiger partial charge in [0, 0.05) is 25.5 Å². The summed E-state index contributed by atoms with van der Waals surface area (Å²) in [5, 5.41) is 3.93. The standard InChI is InChI=1S/C15H21N5S/c1-5-9-16-13-17-14(20(3)4)19-15(18-13)21-12-8-6-7-11(2)10-12/h6-8,10H,5,9H2,1-4H3,(H,16,17,18,19). The lowest BCUT2D eigenvalue weighted by molar-refractivity contribution is 0.852.